The molecule has 2 aliphatic rings. The third-order valence-electron chi connectivity index (χ3n) is 1.89. The molecule has 0 N–H and O–H groups in total. The first kappa shape index (κ1) is 7.03. The minimum absolute atomic E-state index is 0.0461. The molecule has 3 nitrogen and oxygen atoms in total. The first-order chi connectivity index (χ1) is 5.79. The summed E-state index contributed by atoms with van der Waals surface area (Å²) in [6.45, 7) is 0. The fourth-order valence-electron chi connectivity index (χ4n) is 1.28. The Hall–Kier alpha value is -1.64. The summed E-state index contributed by atoms with van der Waals surface area (Å²) in [5.74, 6) is -0.185. The Labute approximate surface area is 69.7 Å². The van der Waals surface area contributed by atoms with Crippen LogP contribution < -0.4 is 0 Å². The average Bonchev–Trinajstić information content (AvgIpc) is 2.12. The molecule has 0 aromatic heterocycles. The van der Waals surface area contributed by atoms with Crippen molar-refractivity contribution in [2.24, 2.45) is 0 Å². The van der Waals surface area contributed by atoms with Crippen LogP contribution in [-0.4, -0.2) is 22.6 Å². The van der Waals surface area contributed by atoms with Crippen LogP contribution in [0.5, 0.6) is 0 Å². The summed E-state index contributed by atoms with van der Waals surface area (Å²) in [5.41, 5.74) is 0. The van der Waals surface area contributed by atoms with E-state index in [1.54, 1.807) is 24.4 Å². The average molecular weight is 161 g/mol. The molecule has 0 radical (unpaired) electrons. The van der Waals surface area contributed by atoms with E-state index in [9.17, 15) is 9.59 Å². The molecule has 1 atom stereocenters. The van der Waals surface area contributed by atoms with Gasteiger partial charge in [0.25, 0.3) is 5.91 Å². The van der Waals surface area contributed by atoms with Gasteiger partial charge in [-0.3, -0.25) is 9.59 Å². The van der Waals surface area contributed by atoms with E-state index in [-0.39, 0.29) is 11.7 Å². The number of fused-ring (bicyclic) bond motifs is 1. The minimum Gasteiger partial charge on any atom is -0.301 e. The predicted octanol–water partition coefficient (Wildman–Crippen LogP) is 0.406. The molecule has 1 amide bonds. The maximum absolute atomic E-state index is 11.2. The van der Waals surface area contributed by atoms with Gasteiger partial charge in [-0.05, 0) is 12.2 Å². The molecule has 0 aromatic rings. The van der Waals surface area contributed by atoms with Gasteiger partial charge in [0, 0.05) is 12.3 Å². The summed E-state index contributed by atoms with van der Waals surface area (Å²) in [6, 6.07) is -0.410. The third-order valence-corrected chi connectivity index (χ3v) is 1.89. The quantitative estimate of drug-likeness (QED) is 0.516. The van der Waals surface area contributed by atoms with Crippen LogP contribution >= 0.6 is 0 Å². The first-order valence-electron chi connectivity index (χ1n) is 3.68. The molecule has 0 fully saturated rings. The highest BCUT2D eigenvalue weighted by Gasteiger charge is 2.27. The topological polar surface area (TPSA) is 37.4 Å². The van der Waals surface area contributed by atoms with Gasteiger partial charge in [-0.2, -0.15) is 0 Å². The zero-order valence-electron chi connectivity index (χ0n) is 6.31. The lowest BCUT2D eigenvalue weighted by atomic mass is 10.0. The van der Waals surface area contributed by atoms with Crippen molar-refractivity contribution in [1.29, 1.82) is 0 Å². The lowest BCUT2D eigenvalue weighted by Crippen LogP contribution is -2.42. The van der Waals surface area contributed by atoms with E-state index in [4.69, 9.17) is 0 Å². The van der Waals surface area contributed by atoms with Crippen molar-refractivity contribution in [3.63, 3.8) is 0 Å². The van der Waals surface area contributed by atoms with Gasteiger partial charge in [-0.1, -0.05) is 12.2 Å². The molecule has 2 aliphatic heterocycles. The molecule has 0 aromatic carbocycles. The molecule has 1 unspecified atom stereocenters. The standard InChI is InChI=1S/C9H7NO2/c11-8-4-5-9(12)10-6-2-1-3-7(8)10/h1-7H. The second-order valence-electron chi connectivity index (χ2n) is 2.65. The Morgan fingerprint density at radius 1 is 1.17 bits per heavy atom. The zero-order valence-corrected chi connectivity index (χ0v) is 6.31. The van der Waals surface area contributed by atoms with Gasteiger partial charge in [0.15, 0.2) is 5.78 Å². The molecule has 0 spiro atoms. The van der Waals surface area contributed by atoms with E-state index < -0.39 is 6.04 Å². The molecular formula is C9H7NO2. The van der Waals surface area contributed by atoms with E-state index in [2.05, 4.69) is 0 Å². The molecule has 0 aliphatic carbocycles. The predicted molar refractivity (Wildman–Crippen MR) is 43.1 cm³/mol. The van der Waals surface area contributed by atoms with E-state index in [1.807, 2.05) is 0 Å². The van der Waals surface area contributed by atoms with Gasteiger partial charge in [-0.25, -0.2) is 0 Å². The molecule has 60 valence electrons. The first-order valence-corrected chi connectivity index (χ1v) is 3.68. The summed E-state index contributed by atoms with van der Waals surface area (Å²) < 4.78 is 0. The van der Waals surface area contributed by atoms with Crippen molar-refractivity contribution in [2.75, 3.05) is 0 Å². The molecule has 2 heterocycles. The summed E-state index contributed by atoms with van der Waals surface area (Å²) >= 11 is 0. The molecule has 0 bridgehead atoms. The Balaban J connectivity index is 2.41. The number of carbonyl (C=O) groups is 2. The molecular weight excluding hydrogens is 154 g/mol. The monoisotopic (exact) mass is 161 g/mol. The van der Waals surface area contributed by atoms with Crippen LogP contribution in [0, 0.1) is 0 Å². The number of rotatable bonds is 0. The van der Waals surface area contributed by atoms with Gasteiger partial charge in [0.1, 0.15) is 6.04 Å². The summed E-state index contributed by atoms with van der Waals surface area (Å²) in [4.78, 5) is 23.8. The van der Waals surface area contributed by atoms with Crippen molar-refractivity contribution in [1.82, 2.24) is 4.90 Å². The van der Waals surface area contributed by atoms with Crippen LogP contribution in [0.3, 0.4) is 0 Å². The maximum Gasteiger partial charge on any atom is 0.251 e. The number of amides is 1. The molecule has 2 rings (SSSR count). The number of hydrogen-bond acceptors (Lipinski definition) is 2. The van der Waals surface area contributed by atoms with Crippen molar-refractivity contribution in [3.8, 4) is 0 Å². The lowest BCUT2D eigenvalue weighted by molar-refractivity contribution is -0.131. The minimum atomic E-state index is -0.410. The van der Waals surface area contributed by atoms with Gasteiger partial charge in [0.05, 0.1) is 0 Å². The van der Waals surface area contributed by atoms with E-state index in [0.717, 1.165) is 0 Å². The Bertz CT molecular complexity index is 293. The number of hydrogen-bond donors (Lipinski definition) is 0. The zero-order chi connectivity index (χ0) is 8.55. The highest BCUT2D eigenvalue weighted by molar-refractivity contribution is 6.07. The molecule has 3 heteroatoms. The smallest absolute Gasteiger partial charge is 0.251 e. The highest BCUT2D eigenvalue weighted by atomic mass is 16.2. The molecule has 0 saturated heterocycles. The highest BCUT2D eigenvalue weighted by Crippen LogP contribution is 2.14. The van der Waals surface area contributed by atoms with Crippen LogP contribution in [0.15, 0.2) is 36.6 Å². The third kappa shape index (κ3) is 0.906. The number of ketones is 1. The summed E-state index contributed by atoms with van der Waals surface area (Å²) in [7, 11) is 0. The van der Waals surface area contributed by atoms with Gasteiger partial charge < -0.3 is 4.90 Å². The number of allylic oxidation sites excluding steroid dienone is 2. The van der Waals surface area contributed by atoms with Crippen LogP contribution in [0.25, 0.3) is 0 Å². The Kier molecular flexibility index (Phi) is 1.43. The normalized spacial score (nSPS) is 26.3. The van der Waals surface area contributed by atoms with Crippen LogP contribution in [-0.2, 0) is 9.59 Å². The van der Waals surface area contributed by atoms with E-state index >= 15 is 0 Å². The van der Waals surface area contributed by atoms with Crippen LogP contribution in [0.1, 0.15) is 0 Å². The Morgan fingerprint density at radius 2 is 2.00 bits per heavy atom. The lowest BCUT2D eigenvalue weighted by Gasteiger charge is -2.27. The summed E-state index contributed by atoms with van der Waals surface area (Å²) in [5, 5.41) is 0. The van der Waals surface area contributed by atoms with E-state index in [1.165, 1.54) is 17.1 Å². The fraction of sp³-hybridized carbons (Fsp3) is 0.111. The fourth-order valence-corrected chi connectivity index (χ4v) is 1.28. The van der Waals surface area contributed by atoms with Crippen molar-refractivity contribution < 1.29 is 9.59 Å². The van der Waals surface area contributed by atoms with E-state index in [0.29, 0.717) is 0 Å². The Morgan fingerprint density at radius 3 is 2.75 bits per heavy atom. The van der Waals surface area contributed by atoms with Crippen molar-refractivity contribution >= 4 is 11.7 Å². The van der Waals surface area contributed by atoms with Gasteiger partial charge in [0.2, 0.25) is 0 Å². The number of nitrogens with zero attached hydrogens (tertiary/aromatic N) is 1. The number of carbonyl (C=O) groups excluding carboxylic acids is 2. The maximum atomic E-state index is 11.2. The molecule has 12 heavy (non-hydrogen) atoms. The second kappa shape index (κ2) is 2.44. The largest absolute Gasteiger partial charge is 0.301 e. The summed E-state index contributed by atoms with van der Waals surface area (Å²) in [6.07, 6.45) is 9.46. The van der Waals surface area contributed by atoms with Crippen LogP contribution in [0.4, 0.5) is 0 Å². The second-order valence-corrected chi connectivity index (χ2v) is 2.65. The van der Waals surface area contributed by atoms with Crippen molar-refractivity contribution in [2.45, 2.75) is 6.04 Å². The SMILES string of the molecule is O=C1C=CC(=O)N2C=CC=CC12. The van der Waals surface area contributed by atoms with Crippen molar-refractivity contribution in [3.05, 3.63) is 36.6 Å². The van der Waals surface area contributed by atoms with Crippen LogP contribution in [0.2, 0.25) is 0 Å². The van der Waals surface area contributed by atoms with Gasteiger partial charge >= 0.3 is 0 Å². The molecule has 0 saturated carbocycles. The van der Waals surface area contributed by atoms with Gasteiger partial charge in [-0.15, -0.1) is 0 Å².